The van der Waals surface area contributed by atoms with Gasteiger partial charge in [-0.15, -0.1) is 0 Å². The van der Waals surface area contributed by atoms with Crippen LogP contribution in [0, 0.1) is 0 Å². The van der Waals surface area contributed by atoms with Crippen molar-refractivity contribution in [2.24, 2.45) is 0 Å². The summed E-state index contributed by atoms with van der Waals surface area (Å²) in [6.45, 7) is 8.12. The lowest BCUT2D eigenvalue weighted by atomic mass is 9.89. The maximum absolute atomic E-state index is 11.1. The Bertz CT molecular complexity index is 370. The van der Waals surface area contributed by atoms with Gasteiger partial charge in [-0.25, -0.2) is 4.79 Å². The molecule has 0 bridgehead atoms. The van der Waals surface area contributed by atoms with E-state index in [1.807, 2.05) is 13.8 Å². The molecule has 0 spiro atoms. The van der Waals surface area contributed by atoms with Gasteiger partial charge >= 0.3 is 5.97 Å². The van der Waals surface area contributed by atoms with Crippen LogP contribution in [0.3, 0.4) is 0 Å². The Morgan fingerprint density at radius 2 is 1.80 bits per heavy atom. The van der Waals surface area contributed by atoms with Gasteiger partial charge < -0.3 is 5.11 Å². The molecule has 1 aromatic heterocycles. The summed E-state index contributed by atoms with van der Waals surface area (Å²) in [6, 6.07) is 0. The van der Waals surface area contributed by atoms with Crippen LogP contribution in [-0.4, -0.2) is 16.1 Å². The molecule has 0 radical (unpaired) electrons. The lowest BCUT2D eigenvalue weighted by Gasteiger charge is -2.17. The van der Waals surface area contributed by atoms with E-state index < -0.39 is 5.97 Å². The SMILES string of the molecule is CC(C)c1cncc(C(=O)O)c1C(C)C. The van der Waals surface area contributed by atoms with E-state index in [0.717, 1.165) is 11.1 Å². The van der Waals surface area contributed by atoms with Crippen LogP contribution in [0.1, 0.15) is 61.0 Å². The zero-order valence-electron chi connectivity index (χ0n) is 9.61. The smallest absolute Gasteiger partial charge is 0.337 e. The largest absolute Gasteiger partial charge is 0.478 e. The van der Waals surface area contributed by atoms with Crippen molar-refractivity contribution in [1.29, 1.82) is 0 Å². The average Bonchev–Trinajstić information content (AvgIpc) is 2.16. The van der Waals surface area contributed by atoms with Crippen LogP contribution in [0.4, 0.5) is 0 Å². The summed E-state index contributed by atoms with van der Waals surface area (Å²) in [5.74, 6) is -0.389. The van der Waals surface area contributed by atoms with Crippen molar-refractivity contribution in [1.82, 2.24) is 4.98 Å². The predicted octanol–water partition coefficient (Wildman–Crippen LogP) is 3.03. The Hall–Kier alpha value is -1.38. The van der Waals surface area contributed by atoms with E-state index in [-0.39, 0.29) is 5.92 Å². The van der Waals surface area contributed by atoms with Gasteiger partial charge in [-0.3, -0.25) is 4.98 Å². The predicted molar refractivity (Wildman–Crippen MR) is 59.4 cm³/mol. The number of aromatic nitrogens is 1. The third-order valence-corrected chi connectivity index (χ3v) is 2.45. The van der Waals surface area contributed by atoms with Gasteiger partial charge in [0.1, 0.15) is 0 Å². The number of pyridine rings is 1. The number of rotatable bonds is 3. The Kier molecular flexibility index (Phi) is 3.45. The molecule has 3 heteroatoms. The molecule has 0 saturated heterocycles. The molecule has 0 aliphatic carbocycles. The van der Waals surface area contributed by atoms with Crippen molar-refractivity contribution in [2.45, 2.75) is 39.5 Å². The average molecular weight is 207 g/mol. The summed E-state index contributed by atoms with van der Waals surface area (Å²) < 4.78 is 0. The van der Waals surface area contributed by atoms with Gasteiger partial charge in [-0.1, -0.05) is 27.7 Å². The van der Waals surface area contributed by atoms with E-state index >= 15 is 0 Å². The summed E-state index contributed by atoms with van der Waals surface area (Å²) in [6.07, 6.45) is 3.20. The Morgan fingerprint density at radius 3 is 2.20 bits per heavy atom. The van der Waals surface area contributed by atoms with E-state index in [0.29, 0.717) is 11.5 Å². The molecule has 1 heterocycles. The van der Waals surface area contributed by atoms with Gasteiger partial charge in [0, 0.05) is 12.4 Å². The van der Waals surface area contributed by atoms with Crippen LogP contribution in [0.5, 0.6) is 0 Å². The minimum Gasteiger partial charge on any atom is -0.478 e. The normalized spacial score (nSPS) is 11.1. The maximum Gasteiger partial charge on any atom is 0.337 e. The van der Waals surface area contributed by atoms with Crippen molar-refractivity contribution >= 4 is 5.97 Å². The summed E-state index contributed by atoms with van der Waals surface area (Å²) in [5.41, 5.74) is 2.27. The first-order valence-electron chi connectivity index (χ1n) is 5.16. The summed E-state index contributed by atoms with van der Waals surface area (Å²) in [7, 11) is 0. The standard InChI is InChI=1S/C12H17NO2/c1-7(2)9-5-13-6-10(12(14)15)11(9)8(3)4/h5-8H,1-4H3,(H,14,15). The number of hydrogen-bond acceptors (Lipinski definition) is 2. The highest BCUT2D eigenvalue weighted by Gasteiger charge is 2.18. The third-order valence-electron chi connectivity index (χ3n) is 2.45. The zero-order valence-corrected chi connectivity index (χ0v) is 9.61. The first kappa shape index (κ1) is 11.7. The number of carboxylic acids is 1. The number of nitrogens with zero attached hydrogens (tertiary/aromatic N) is 1. The number of hydrogen-bond donors (Lipinski definition) is 1. The topological polar surface area (TPSA) is 50.2 Å². The highest BCUT2D eigenvalue weighted by Crippen LogP contribution is 2.28. The van der Waals surface area contributed by atoms with E-state index in [9.17, 15) is 4.79 Å². The molecule has 0 saturated carbocycles. The first-order chi connectivity index (χ1) is 6.95. The molecule has 0 aliphatic heterocycles. The highest BCUT2D eigenvalue weighted by atomic mass is 16.4. The third kappa shape index (κ3) is 2.35. The highest BCUT2D eigenvalue weighted by molar-refractivity contribution is 5.89. The van der Waals surface area contributed by atoms with Crippen LogP contribution in [0.25, 0.3) is 0 Å². The number of aromatic carboxylic acids is 1. The zero-order chi connectivity index (χ0) is 11.6. The molecular formula is C12H17NO2. The molecule has 0 aromatic carbocycles. The lowest BCUT2D eigenvalue weighted by Crippen LogP contribution is -2.09. The van der Waals surface area contributed by atoms with Gasteiger partial charge in [0.2, 0.25) is 0 Å². The van der Waals surface area contributed by atoms with Gasteiger partial charge in [0.15, 0.2) is 0 Å². The van der Waals surface area contributed by atoms with E-state index in [4.69, 9.17) is 5.11 Å². The van der Waals surface area contributed by atoms with Gasteiger partial charge in [0.05, 0.1) is 5.56 Å². The molecule has 0 unspecified atom stereocenters. The van der Waals surface area contributed by atoms with Gasteiger partial charge in [-0.2, -0.15) is 0 Å². The maximum atomic E-state index is 11.1. The van der Waals surface area contributed by atoms with Crippen LogP contribution >= 0.6 is 0 Å². The number of carboxylic acid groups (broad SMARTS) is 1. The van der Waals surface area contributed by atoms with Crippen LogP contribution in [-0.2, 0) is 0 Å². The lowest BCUT2D eigenvalue weighted by molar-refractivity contribution is 0.0694. The van der Waals surface area contributed by atoms with Crippen LogP contribution in [0.15, 0.2) is 12.4 Å². The second-order valence-corrected chi connectivity index (χ2v) is 4.30. The summed E-state index contributed by atoms with van der Waals surface area (Å²) >= 11 is 0. The van der Waals surface area contributed by atoms with Crippen molar-refractivity contribution in [2.75, 3.05) is 0 Å². The van der Waals surface area contributed by atoms with Crippen LogP contribution < -0.4 is 0 Å². The first-order valence-corrected chi connectivity index (χ1v) is 5.16. The molecule has 1 aromatic rings. The molecule has 1 rings (SSSR count). The second kappa shape index (κ2) is 4.43. The fourth-order valence-electron chi connectivity index (χ4n) is 1.76. The minimum atomic E-state index is -0.895. The Labute approximate surface area is 90.2 Å². The summed E-state index contributed by atoms with van der Waals surface area (Å²) in [5, 5.41) is 9.08. The van der Waals surface area contributed by atoms with E-state index in [1.165, 1.54) is 6.20 Å². The minimum absolute atomic E-state index is 0.205. The van der Waals surface area contributed by atoms with Crippen molar-refractivity contribution < 1.29 is 9.90 Å². The fraction of sp³-hybridized carbons (Fsp3) is 0.500. The van der Waals surface area contributed by atoms with Crippen molar-refractivity contribution in [3.63, 3.8) is 0 Å². The molecular weight excluding hydrogens is 190 g/mol. The quantitative estimate of drug-likeness (QED) is 0.828. The molecule has 0 amide bonds. The molecule has 15 heavy (non-hydrogen) atoms. The van der Waals surface area contributed by atoms with E-state index in [1.54, 1.807) is 6.20 Å². The van der Waals surface area contributed by atoms with Crippen molar-refractivity contribution in [3.8, 4) is 0 Å². The van der Waals surface area contributed by atoms with Crippen molar-refractivity contribution in [3.05, 3.63) is 29.1 Å². The molecule has 1 N–H and O–H groups in total. The Morgan fingerprint density at radius 1 is 1.20 bits per heavy atom. The van der Waals surface area contributed by atoms with Gasteiger partial charge in [-0.05, 0) is 23.0 Å². The van der Waals surface area contributed by atoms with Crippen LogP contribution in [0.2, 0.25) is 0 Å². The van der Waals surface area contributed by atoms with E-state index in [2.05, 4.69) is 18.8 Å². The molecule has 82 valence electrons. The molecule has 0 fully saturated rings. The fourth-order valence-corrected chi connectivity index (χ4v) is 1.76. The molecule has 0 atom stereocenters. The Balaban J connectivity index is 3.42. The monoisotopic (exact) mass is 207 g/mol. The molecule has 3 nitrogen and oxygen atoms in total. The van der Waals surface area contributed by atoms with Gasteiger partial charge in [0.25, 0.3) is 0 Å². The summed E-state index contributed by atoms with van der Waals surface area (Å²) in [4.78, 5) is 15.1. The molecule has 0 aliphatic rings. The number of carbonyl (C=O) groups is 1. The second-order valence-electron chi connectivity index (χ2n) is 4.30.